The summed E-state index contributed by atoms with van der Waals surface area (Å²) in [7, 11) is 1.52. The fourth-order valence-electron chi connectivity index (χ4n) is 1.65. The molecular formula is C14H15NO4. The van der Waals surface area contributed by atoms with Gasteiger partial charge in [-0.05, 0) is 24.3 Å². The monoisotopic (exact) mass is 261 g/mol. The number of amides is 1. The van der Waals surface area contributed by atoms with E-state index >= 15 is 0 Å². The summed E-state index contributed by atoms with van der Waals surface area (Å²) in [6.07, 6.45) is 0.692. The third kappa shape index (κ3) is 2.77. The Labute approximate surface area is 111 Å². The van der Waals surface area contributed by atoms with Gasteiger partial charge in [-0.25, -0.2) is 0 Å². The van der Waals surface area contributed by atoms with E-state index < -0.39 is 5.91 Å². The van der Waals surface area contributed by atoms with Crippen LogP contribution in [0, 0.1) is 0 Å². The van der Waals surface area contributed by atoms with Crippen molar-refractivity contribution in [2.75, 3.05) is 12.2 Å². The third-order valence-corrected chi connectivity index (χ3v) is 2.71. The number of methoxy groups -OCH3 is 1. The number of anilines is 1. The molecule has 1 amide bonds. The second-order valence-electron chi connectivity index (χ2n) is 3.94. The summed E-state index contributed by atoms with van der Waals surface area (Å²) in [6, 6.07) is 9.83. The van der Waals surface area contributed by atoms with Gasteiger partial charge in [0, 0.05) is 12.5 Å². The molecule has 0 spiro atoms. The van der Waals surface area contributed by atoms with E-state index in [2.05, 4.69) is 0 Å². The van der Waals surface area contributed by atoms with E-state index in [0.717, 1.165) is 0 Å². The summed E-state index contributed by atoms with van der Waals surface area (Å²) in [4.78, 5) is 12.0. The summed E-state index contributed by atoms with van der Waals surface area (Å²) in [6.45, 7) is 1.92. The summed E-state index contributed by atoms with van der Waals surface area (Å²) in [5.41, 5.74) is 0.318. The molecule has 0 saturated heterocycles. The van der Waals surface area contributed by atoms with Gasteiger partial charge in [0.05, 0.1) is 12.8 Å². The predicted octanol–water partition coefficient (Wildman–Crippen LogP) is 2.89. The van der Waals surface area contributed by atoms with Crippen LogP contribution < -0.4 is 9.80 Å². The van der Waals surface area contributed by atoms with Crippen LogP contribution in [0.1, 0.15) is 23.2 Å². The Morgan fingerprint density at radius 3 is 2.79 bits per heavy atom. The Morgan fingerprint density at radius 1 is 1.37 bits per heavy atom. The predicted molar refractivity (Wildman–Crippen MR) is 69.7 cm³/mol. The van der Waals surface area contributed by atoms with E-state index in [1.807, 2.05) is 6.92 Å². The van der Waals surface area contributed by atoms with Gasteiger partial charge < -0.3 is 9.15 Å². The molecule has 0 atom stereocenters. The average Bonchev–Trinajstić information content (AvgIpc) is 2.94. The first-order valence-electron chi connectivity index (χ1n) is 5.91. The van der Waals surface area contributed by atoms with Crippen LogP contribution in [0.25, 0.3) is 0 Å². The van der Waals surface area contributed by atoms with Crippen LogP contribution in [0.15, 0.2) is 40.8 Å². The highest BCUT2D eigenvalue weighted by Gasteiger charge is 2.19. The molecule has 0 radical (unpaired) electrons. The Morgan fingerprint density at radius 2 is 2.16 bits per heavy atom. The van der Waals surface area contributed by atoms with Gasteiger partial charge in [-0.1, -0.05) is 13.0 Å². The Balaban J connectivity index is 2.22. The van der Waals surface area contributed by atoms with Crippen LogP contribution in [-0.2, 0) is 6.42 Å². The lowest BCUT2D eigenvalue weighted by Gasteiger charge is -2.14. The van der Waals surface area contributed by atoms with Gasteiger partial charge in [0.15, 0.2) is 5.76 Å². The summed E-state index contributed by atoms with van der Waals surface area (Å²) in [5.74, 6) is 0.732. The molecular weight excluding hydrogens is 246 g/mol. The van der Waals surface area contributed by atoms with Gasteiger partial charge in [0.1, 0.15) is 11.5 Å². The van der Waals surface area contributed by atoms with Crippen molar-refractivity contribution in [3.63, 3.8) is 0 Å². The fourth-order valence-corrected chi connectivity index (χ4v) is 1.65. The number of rotatable bonds is 4. The van der Waals surface area contributed by atoms with Crippen LogP contribution in [-0.4, -0.2) is 18.2 Å². The first-order valence-corrected chi connectivity index (χ1v) is 5.91. The molecule has 1 aromatic carbocycles. The molecule has 1 aromatic heterocycles. The van der Waals surface area contributed by atoms with Crippen molar-refractivity contribution in [1.82, 2.24) is 0 Å². The van der Waals surface area contributed by atoms with E-state index in [4.69, 9.17) is 9.15 Å². The highest BCUT2D eigenvalue weighted by Crippen LogP contribution is 2.21. The van der Waals surface area contributed by atoms with Gasteiger partial charge >= 0.3 is 5.91 Å². The molecule has 2 aromatic rings. The zero-order chi connectivity index (χ0) is 13.8. The highest BCUT2D eigenvalue weighted by molar-refractivity contribution is 6.02. The lowest BCUT2D eigenvalue weighted by atomic mass is 10.3. The van der Waals surface area contributed by atoms with Gasteiger partial charge in [-0.15, -0.1) is 0 Å². The number of carbonyl (C=O) groups is 1. The van der Waals surface area contributed by atoms with E-state index in [-0.39, 0.29) is 5.76 Å². The maximum Gasteiger partial charge on any atom is 0.317 e. The van der Waals surface area contributed by atoms with Crippen LogP contribution in [0.3, 0.4) is 0 Å². The van der Waals surface area contributed by atoms with Gasteiger partial charge in [0.2, 0.25) is 0 Å². The summed E-state index contributed by atoms with van der Waals surface area (Å²) >= 11 is 0. The van der Waals surface area contributed by atoms with Gasteiger partial charge in [0.25, 0.3) is 0 Å². The topological polar surface area (TPSA) is 62.9 Å². The number of hydroxylamine groups is 1. The van der Waals surface area contributed by atoms with E-state index in [1.165, 1.54) is 7.11 Å². The first-order chi connectivity index (χ1) is 9.15. The molecule has 1 heterocycles. The number of carbonyl (C=O) groups excluding carboxylic acids is 1. The molecule has 0 saturated carbocycles. The molecule has 0 unspecified atom stereocenters. The number of furan rings is 1. The van der Waals surface area contributed by atoms with Crippen molar-refractivity contribution in [3.8, 4) is 5.75 Å². The zero-order valence-electron chi connectivity index (χ0n) is 10.8. The fraction of sp³-hybridized carbons (Fsp3) is 0.214. The zero-order valence-corrected chi connectivity index (χ0v) is 10.8. The molecule has 0 aliphatic carbocycles. The third-order valence-electron chi connectivity index (χ3n) is 2.71. The van der Waals surface area contributed by atoms with Crippen molar-refractivity contribution in [1.29, 1.82) is 0 Å². The average molecular weight is 261 g/mol. The van der Waals surface area contributed by atoms with E-state index in [9.17, 15) is 10.0 Å². The van der Waals surface area contributed by atoms with Crippen molar-refractivity contribution in [3.05, 3.63) is 47.9 Å². The van der Waals surface area contributed by atoms with Crippen LogP contribution in [0.4, 0.5) is 5.69 Å². The number of hydrogen-bond donors (Lipinski definition) is 1. The molecule has 0 bridgehead atoms. The van der Waals surface area contributed by atoms with Crippen molar-refractivity contribution in [2.24, 2.45) is 0 Å². The van der Waals surface area contributed by atoms with E-state index in [1.54, 1.807) is 36.4 Å². The first kappa shape index (κ1) is 13.2. The largest absolute Gasteiger partial charge is 0.497 e. The second-order valence-corrected chi connectivity index (χ2v) is 3.94. The second kappa shape index (κ2) is 5.58. The lowest BCUT2D eigenvalue weighted by molar-refractivity contribution is 0.0824. The Kier molecular flexibility index (Phi) is 3.87. The number of ether oxygens (including phenoxy) is 1. The molecule has 0 aliphatic heterocycles. The Hall–Kier alpha value is -2.27. The molecule has 2 rings (SSSR count). The van der Waals surface area contributed by atoms with Crippen molar-refractivity contribution in [2.45, 2.75) is 13.3 Å². The molecule has 1 N–H and O–H groups in total. The van der Waals surface area contributed by atoms with Crippen LogP contribution >= 0.6 is 0 Å². The minimum atomic E-state index is -0.618. The molecule has 19 heavy (non-hydrogen) atoms. The normalized spacial score (nSPS) is 10.3. The summed E-state index contributed by atoms with van der Waals surface area (Å²) < 4.78 is 10.4. The molecule has 5 heteroatoms. The summed E-state index contributed by atoms with van der Waals surface area (Å²) in [5, 5.41) is 10.5. The van der Waals surface area contributed by atoms with Crippen LogP contribution in [0.5, 0.6) is 5.75 Å². The SMILES string of the molecule is CCc1ccc(C(=O)N(O)c2cccc(OC)c2)o1. The molecule has 0 aliphatic rings. The van der Waals surface area contributed by atoms with Gasteiger partial charge in [-0.2, -0.15) is 5.06 Å². The molecule has 100 valence electrons. The van der Waals surface area contributed by atoms with Crippen LogP contribution in [0.2, 0.25) is 0 Å². The smallest absolute Gasteiger partial charge is 0.317 e. The maximum absolute atomic E-state index is 12.0. The number of benzene rings is 1. The van der Waals surface area contributed by atoms with Gasteiger partial charge in [-0.3, -0.25) is 10.0 Å². The number of hydrogen-bond acceptors (Lipinski definition) is 4. The lowest BCUT2D eigenvalue weighted by Crippen LogP contribution is -2.26. The molecule has 5 nitrogen and oxygen atoms in total. The highest BCUT2D eigenvalue weighted by atomic mass is 16.5. The van der Waals surface area contributed by atoms with Crippen molar-refractivity contribution < 1.29 is 19.2 Å². The maximum atomic E-state index is 12.0. The standard InChI is InChI=1S/C14H15NO4/c1-3-11-7-8-13(19-11)14(16)15(17)10-5-4-6-12(9-10)18-2/h4-9,17H,3H2,1-2H3. The minimum absolute atomic E-state index is 0.0992. The number of nitrogens with zero attached hydrogens (tertiary/aromatic N) is 1. The number of aryl methyl sites for hydroxylation is 1. The molecule has 0 fully saturated rings. The Bertz CT molecular complexity index is 576. The quantitative estimate of drug-likeness (QED) is 0.679. The van der Waals surface area contributed by atoms with Crippen molar-refractivity contribution >= 4 is 11.6 Å². The van der Waals surface area contributed by atoms with E-state index in [0.29, 0.717) is 28.7 Å². The minimum Gasteiger partial charge on any atom is -0.497 e.